The predicted molar refractivity (Wildman–Crippen MR) is 109 cm³/mol. The van der Waals surface area contributed by atoms with Crippen molar-refractivity contribution in [3.8, 4) is 11.3 Å². The van der Waals surface area contributed by atoms with Crippen molar-refractivity contribution in [2.75, 3.05) is 5.32 Å². The lowest BCUT2D eigenvalue weighted by molar-refractivity contribution is -0.116. The minimum Gasteiger partial charge on any atom is -0.304 e. The van der Waals surface area contributed by atoms with Crippen LogP contribution >= 0.6 is 34.5 Å². The maximum absolute atomic E-state index is 12.4. The summed E-state index contributed by atoms with van der Waals surface area (Å²) in [5, 5.41) is 5.93. The number of rotatable bonds is 4. The molecule has 0 atom stereocenters. The number of fused-ring (bicyclic) bond motifs is 1. The predicted octanol–water partition coefficient (Wildman–Crippen LogP) is 3.20. The third-order valence-corrected chi connectivity index (χ3v) is 5.51. The molecule has 1 aromatic carbocycles. The van der Waals surface area contributed by atoms with E-state index in [-0.39, 0.29) is 18.0 Å². The molecule has 4 rings (SSSR count). The highest BCUT2D eigenvalue weighted by molar-refractivity contribution is 7.14. The third kappa shape index (κ3) is 3.51. The first kappa shape index (κ1) is 18.6. The van der Waals surface area contributed by atoms with E-state index in [0.717, 1.165) is 5.56 Å². The Balaban J connectivity index is 1.50. The van der Waals surface area contributed by atoms with E-state index in [0.29, 0.717) is 32.2 Å². The standard InChI is InChI=1S/C17H12Cl2N6O2S/c1-24-14(27)5-20-16-15(24)21-8-25(16)6-13(26)23-17-22-12(7-28-17)9-2-3-10(18)11(19)4-9/h2-5,7-8H,6H2,1H3,(H,22,23,26). The highest BCUT2D eigenvalue weighted by Gasteiger charge is 2.13. The molecular formula is C17H12Cl2N6O2S. The van der Waals surface area contributed by atoms with Gasteiger partial charge in [-0.1, -0.05) is 29.3 Å². The van der Waals surface area contributed by atoms with Gasteiger partial charge in [-0.2, -0.15) is 0 Å². The highest BCUT2D eigenvalue weighted by Crippen LogP contribution is 2.30. The van der Waals surface area contributed by atoms with Crippen LogP contribution < -0.4 is 10.9 Å². The summed E-state index contributed by atoms with van der Waals surface area (Å²) in [4.78, 5) is 36.6. The lowest BCUT2D eigenvalue weighted by Gasteiger charge is -2.04. The molecule has 142 valence electrons. The van der Waals surface area contributed by atoms with Crippen molar-refractivity contribution in [3.05, 3.63) is 56.5 Å². The Kier molecular flexibility index (Phi) is 4.88. The number of aromatic nitrogens is 5. The molecule has 3 aromatic heterocycles. The zero-order valence-electron chi connectivity index (χ0n) is 14.4. The van der Waals surface area contributed by atoms with E-state index in [1.54, 1.807) is 23.7 Å². The van der Waals surface area contributed by atoms with Crippen LogP contribution in [0.3, 0.4) is 0 Å². The average molecular weight is 435 g/mol. The molecule has 11 heteroatoms. The zero-order valence-corrected chi connectivity index (χ0v) is 16.7. The largest absolute Gasteiger partial charge is 0.304 e. The Bertz CT molecular complexity index is 1260. The van der Waals surface area contributed by atoms with Gasteiger partial charge in [-0.15, -0.1) is 11.3 Å². The van der Waals surface area contributed by atoms with Crippen molar-refractivity contribution in [3.63, 3.8) is 0 Å². The molecule has 0 radical (unpaired) electrons. The van der Waals surface area contributed by atoms with Gasteiger partial charge < -0.3 is 9.88 Å². The Labute approximate surface area is 172 Å². The number of halogens is 2. The van der Waals surface area contributed by atoms with E-state index in [4.69, 9.17) is 23.2 Å². The monoisotopic (exact) mass is 434 g/mol. The van der Waals surface area contributed by atoms with Crippen molar-refractivity contribution < 1.29 is 4.79 Å². The number of carbonyl (C=O) groups excluding carboxylic acids is 1. The molecule has 0 unspecified atom stereocenters. The molecule has 0 saturated heterocycles. The SMILES string of the molecule is Cn1c(=O)cnc2c1ncn2CC(=O)Nc1nc(-c2ccc(Cl)c(Cl)c2)cs1. The summed E-state index contributed by atoms with van der Waals surface area (Å²) < 4.78 is 2.94. The summed E-state index contributed by atoms with van der Waals surface area (Å²) in [6.07, 6.45) is 2.67. The minimum absolute atomic E-state index is 0.0105. The molecule has 0 aliphatic rings. The molecule has 1 amide bonds. The van der Waals surface area contributed by atoms with Gasteiger partial charge >= 0.3 is 0 Å². The summed E-state index contributed by atoms with van der Waals surface area (Å²) in [5.74, 6) is -0.287. The second-order valence-electron chi connectivity index (χ2n) is 5.89. The second kappa shape index (κ2) is 7.34. The third-order valence-electron chi connectivity index (χ3n) is 4.02. The fourth-order valence-electron chi connectivity index (χ4n) is 2.59. The summed E-state index contributed by atoms with van der Waals surface area (Å²) in [6.45, 7) is -0.0105. The lowest BCUT2D eigenvalue weighted by Crippen LogP contribution is -2.20. The first-order chi connectivity index (χ1) is 13.4. The minimum atomic E-state index is -0.287. The van der Waals surface area contributed by atoms with Crippen LogP contribution in [0.4, 0.5) is 5.13 Å². The number of carbonyl (C=O) groups is 1. The smallest absolute Gasteiger partial charge is 0.270 e. The average Bonchev–Trinajstić information content (AvgIpc) is 3.28. The molecule has 0 aliphatic heterocycles. The summed E-state index contributed by atoms with van der Waals surface area (Å²) >= 11 is 13.3. The quantitative estimate of drug-likeness (QED) is 0.531. The zero-order chi connectivity index (χ0) is 19.8. The molecule has 1 N–H and O–H groups in total. The maximum Gasteiger partial charge on any atom is 0.270 e. The summed E-state index contributed by atoms with van der Waals surface area (Å²) in [6, 6.07) is 5.22. The van der Waals surface area contributed by atoms with Gasteiger partial charge in [-0.3, -0.25) is 14.2 Å². The van der Waals surface area contributed by atoms with E-state index >= 15 is 0 Å². The van der Waals surface area contributed by atoms with Gasteiger partial charge in [-0.05, 0) is 12.1 Å². The van der Waals surface area contributed by atoms with E-state index in [1.807, 2.05) is 11.4 Å². The summed E-state index contributed by atoms with van der Waals surface area (Å²) in [7, 11) is 1.60. The second-order valence-corrected chi connectivity index (χ2v) is 7.56. The maximum atomic E-state index is 12.4. The Morgan fingerprint density at radius 2 is 2.04 bits per heavy atom. The lowest BCUT2D eigenvalue weighted by atomic mass is 10.2. The number of amides is 1. The van der Waals surface area contributed by atoms with Gasteiger partial charge in [0.05, 0.1) is 28.3 Å². The van der Waals surface area contributed by atoms with Gasteiger partial charge in [0.25, 0.3) is 5.56 Å². The molecule has 0 spiro atoms. The van der Waals surface area contributed by atoms with Gasteiger partial charge in [0.1, 0.15) is 6.54 Å². The molecule has 4 aromatic rings. The van der Waals surface area contributed by atoms with Crippen molar-refractivity contribution in [2.45, 2.75) is 6.54 Å². The van der Waals surface area contributed by atoms with Crippen LogP contribution in [0, 0.1) is 0 Å². The molecule has 28 heavy (non-hydrogen) atoms. The molecule has 0 aliphatic carbocycles. The number of nitrogens with one attached hydrogen (secondary N) is 1. The van der Waals surface area contributed by atoms with Crippen molar-refractivity contribution in [1.82, 2.24) is 24.1 Å². The van der Waals surface area contributed by atoms with Gasteiger partial charge in [0.2, 0.25) is 5.91 Å². The van der Waals surface area contributed by atoms with Crippen LogP contribution in [-0.4, -0.2) is 30.0 Å². The Morgan fingerprint density at radius 1 is 1.21 bits per heavy atom. The van der Waals surface area contributed by atoms with Crippen molar-refractivity contribution in [2.24, 2.45) is 7.05 Å². The van der Waals surface area contributed by atoms with Crippen LogP contribution in [-0.2, 0) is 18.4 Å². The first-order valence-corrected chi connectivity index (χ1v) is 9.63. The number of anilines is 1. The van der Waals surface area contributed by atoms with Crippen LogP contribution in [0.25, 0.3) is 22.6 Å². The molecular weight excluding hydrogens is 423 g/mol. The first-order valence-electron chi connectivity index (χ1n) is 8.00. The molecule has 0 fully saturated rings. The van der Waals surface area contributed by atoms with Crippen molar-refractivity contribution >= 4 is 56.9 Å². The number of aryl methyl sites for hydroxylation is 1. The van der Waals surface area contributed by atoms with E-state index < -0.39 is 0 Å². The van der Waals surface area contributed by atoms with E-state index in [9.17, 15) is 9.59 Å². The van der Waals surface area contributed by atoms with Crippen LogP contribution in [0.15, 0.2) is 40.9 Å². The molecule has 3 heterocycles. The number of thiazole rings is 1. The van der Waals surface area contributed by atoms with Gasteiger partial charge in [-0.25, -0.2) is 15.0 Å². The fourth-order valence-corrected chi connectivity index (χ4v) is 3.62. The van der Waals surface area contributed by atoms with Crippen LogP contribution in [0.5, 0.6) is 0 Å². The molecule has 0 bridgehead atoms. The highest BCUT2D eigenvalue weighted by atomic mass is 35.5. The van der Waals surface area contributed by atoms with E-state index in [2.05, 4.69) is 20.3 Å². The normalized spacial score (nSPS) is 11.1. The van der Waals surface area contributed by atoms with Gasteiger partial charge in [0.15, 0.2) is 16.4 Å². The Hall–Kier alpha value is -2.75. The number of hydrogen-bond acceptors (Lipinski definition) is 6. The number of benzene rings is 1. The van der Waals surface area contributed by atoms with Gasteiger partial charge in [0, 0.05) is 18.0 Å². The molecule has 0 saturated carbocycles. The van der Waals surface area contributed by atoms with Crippen LogP contribution in [0.1, 0.15) is 0 Å². The van der Waals surface area contributed by atoms with Crippen LogP contribution in [0.2, 0.25) is 10.0 Å². The van der Waals surface area contributed by atoms with E-state index in [1.165, 1.54) is 28.4 Å². The number of nitrogens with zero attached hydrogens (tertiary/aromatic N) is 5. The topological polar surface area (TPSA) is 94.7 Å². The van der Waals surface area contributed by atoms with Crippen molar-refractivity contribution in [1.29, 1.82) is 0 Å². The number of hydrogen-bond donors (Lipinski definition) is 1. The Morgan fingerprint density at radius 3 is 2.82 bits per heavy atom. The number of imidazole rings is 1. The molecule has 8 nitrogen and oxygen atoms in total. The summed E-state index contributed by atoms with van der Waals surface area (Å²) in [5.41, 5.74) is 2.09. The fraction of sp³-hybridized carbons (Fsp3) is 0.118.